The first-order chi connectivity index (χ1) is 13.9. The molecule has 3 fully saturated rings. The zero-order chi connectivity index (χ0) is 20.2. The van der Waals surface area contributed by atoms with Gasteiger partial charge in [0, 0.05) is 51.0 Å². The number of hydrogen-bond donors (Lipinski definition) is 1. The summed E-state index contributed by atoms with van der Waals surface area (Å²) >= 11 is 0. The summed E-state index contributed by atoms with van der Waals surface area (Å²) in [6, 6.07) is 2.13. The van der Waals surface area contributed by atoms with Crippen molar-refractivity contribution in [3.63, 3.8) is 0 Å². The van der Waals surface area contributed by atoms with E-state index in [-0.39, 0.29) is 6.23 Å². The predicted molar refractivity (Wildman–Crippen MR) is 115 cm³/mol. The second-order valence-corrected chi connectivity index (χ2v) is 10.8. The number of amidine groups is 1. The Morgan fingerprint density at radius 2 is 2.03 bits per heavy atom. The van der Waals surface area contributed by atoms with Gasteiger partial charge in [0.25, 0.3) is 0 Å². The summed E-state index contributed by atoms with van der Waals surface area (Å²) in [5.41, 5.74) is 3.56. The van der Waals surface area contributed by atoms with Gasteiger partial charge in [0.1, 0.15) is 6.23 Å². The Labute approximate surface area is 175 Å². The standard InChI is InChI=1S/C24H36N4O/c1-17(28-15-18-5-8-25-13-19(18)16-28)26-14-20-11-24(20)6-4-9-27(10-7-24)22(29)21-12-23(21,2)3/h5,8,13,20-22,29H,4,6-7,9-12,14-16H2,1-3H3. The molecule has 2 aliphatic carbocycles. The average molecular weight is 397 g/mol. The summed E-state index contributed by atoms with van der Waals surface area (Å²) in [6.07, 6.45) is 9.91. The Balaban J connectivity index is 1.13. The van der Waals surface area contributed by atoms with E-state index in [1.807, 2.05) is 12.4 Å². The van der Waals surface area contributed by atoms with Crippen LogP contribution in [0.25, 0.3) is 0 Å². The van der Waals surface area contributed by atoms with Crippen molar-refractivity contribution < 1.29 is 5.11 Å². The van der Waals surface area contributed by atoms with Crippen LogP contribution in [0, 0.1) is 22.7 Å². The lowest BCUT2D eigenvalue weighted by molar-refractivity contribution is -0.0198. The number of aliphatic hydroxyl groups is 1. The van der Waals surface area contributed by atoms with E-state index in [4.69, 9.17) is 4.99 Å². The van der Waals surface area contributed by atoms with E-state index in [1.165, 1.54) is 49.1 Å². The maximum Gasteiger partial charge on any atom is 0.110 e. The van der Waals surface area contributed by atoms with Crippen LogP contribution in [0.4, 0.5) is 0 Å². The molecule has 29 heavy (non-hydrogen) atoms. The van der Waals surface area contributed by atoms with E-state index in [0.29, 0.717) is 16.7 Å². The van der Waals surface area contributed by atoms with Crippen LogP contribution in [0.3, 0.4) is 0 Å². The zero-order valence-electron chi connectivity index (χ0n) is 18.3. The lowest BCUT2D eigenvalue weighted by Gasteiger charge is -2.27. The van der Waals surface area contributed by atoms with Crippen LogP contribution in [0.15, 0.2) is 23.5 Å². The van der Waals surface area contributed by atoms with Crippen LogP contribution in [0.2, 0.25) is 0 Å². The third-order valence-electron chi connectivity index (χ3n) is 8.42. The molecule has 5 nitrogen and oxygen atoms in total. The summed E-state index contributed by atoms with van der Waals surface area (Å²) in [4.78, 5) is 14.0. The summed E-state index contributed by atoms with van der Waals surface area (Å²) < 4.78 is 0. The summed E-state index contributed by atoms with van der Waals surface area (Å²) in [6.45, 7) is 11.7. The van der Waals surface area contributed by atoms with Crippen LogP contribution in [0.1, 0.15) is 64.0 Å². The molecule has 0 aromatic carbocycles. The smallest absolute Gasteiger partial charge is 0.110 e. The molecule has 2 saturated carbocycles. The average Bonchev–Trinajstić information content (AvgIpc) is 3.53. The fraction of sp³-hybridized carbons (Fsp3) is 0.750. The van der Waals surface area contributed by atoms with Crippen LogP contribution < -0.4 is 0 Å². The van der Waals surface area contributed by atoms with Crippen LogP contribution >= 0.6 is 0 Å². The van der Waals surface area contributed by atoms with Gasteiger partial charge in [0.15, 0.2) is 0 Å². The fourth-order valence-electron chi connectivity index (χ4n) is 5.87. The number of rotatable bonds is 4. The summed E-state index contributed by atoms with van der Waals surface area (Å²) in [7, 11) is 0. The molecule has 1 aromatic rings. The van der Waals surface area contributed by atoms with Crippen LogP contribution in [0.5, 0.6) is 0 Å². The topological polar surface area (TPSA) is 52.0 Å². The molecule has 0 radical (unpaired) electrons. The molecule has 3 heterocycles. The second kappa shape index (κ2) is 7.05. The quantitative estimate of drug-likeness (QED) is 0.623. The zero-order valence-corrected chi connectivity index (χ0v) is 18.3. The van der Waals surface area contributed by atoms with Crippen molar-refractivity contribution in [2.75, 3.05) is 19.6 Å². The second-order valence-electron chi connectivity index (χ2n) is 10.8. The maximum atomic E-state index is 10.8. The van der Waals surface area contributed by atoms with Gasteiger partial charge in [-0.05, 0) is 73.0 Å². The highest BCUT2D eigenvalue weighted by molar-refractivity contribution is 5.80. The Morgan fingerprint density at radius 3 is 2.79 bits per heavy atom. The molecule has 1 aromatic heterocycles. The number of pyridine rings is 1. The molecule has 4 unspecified atom stereocenters. The highest BCUT2D eigenvalue weighted by Crippen LogP contribution is 2.60. The van der Waals surface area contributed by atoms with Gasteiger partial charge >= 0.3 is 0 Å². The van der Waals surface area contributed by atoms with E-state index in [9.17, 15) is 5.11 Å². The highest BCUT2D eigenvalue weighted by Gasteiger charge is 2.55. The van der Waals surface area contributed by atoms with Gasteiger partial charge in [-0.1, -0.05) is 13.8 Å². The molecule has 1 N–H and O–H groups in total. The molecule has 0 amide bonds. The number of aliphatic hydroxyl groups excluding tert-OH is 1. The molecule has 1 spiro atoms. The molecular weight excluding hydrogens is 360 g/mol. The van der Waals surface area contributed by atoms with Crippen LogP contribution in [-0.4, -0.2) is 51.6 Å². The number of aliphatic imine (C=N–C) groups is 1. The van der Waals surface area contributed by atoms with Crippen LogP contribution in [-0.2, 0) is 13.1 Å². The van der Waals surface area contributed by atoms with Crippen molar-refractivity contribution in [2.24, 2.45) is 27.7 Å². The molecular formula is C24H36N4O. The van der Waals surface area contributed by atoms with Crippen molar-refractivity contribution in [3.05, 3.63) is 29.6 Å². The Kier molecular flexibility index (Phi) is 4.74. The first kappa shape index (κ1) is 19.5. The monoisotopic (exact) mass is 396 g/mol. The predicted octanol–water partition coefficient (Wildman–Crippen LogP) is 3.67. The van der Waals surface area contributed by atoms with Crippen molar-refractivity contribution in [1.82, 2.24) is 14.8 Å². The van der Waals surface area contributed by atoms with Gasteiger partial charge in [-0.2, -0.15) is 0 Å². The first-order valence-electron chi connectivity index (χ1n) is 11.5. The Morgan fingerprint density at radius 1 is 1.24 bits per heavy atom. The van der Waals surface area contributed by atoms with Gasteiger partial charge < -0.3 is 10.0 Å². The number of nitrogens with zero attached hydrogens (tertiary/aromatic N) is 4. The third-order valence-corrected chi connectivity index (χ3v) is 8.42. The third kappa shape index (κ3) is 3.72. The highest BCUT2D eigenvalue weighted by atomic mass is 16.3. The molecule has 1 saturated heterocycles. The van der Waals surface area contributed by atoms with Gasteiger partial charge in [0.05, 0.1) is 5.84 Å². The number of fused-ring (bicyclic) bond motifs is 1. The largest absolute Gasteiger partial charge is 0.378 e. The minimum absolute atomic E-state index is 0.232. The van der Waals surface area contributed by atoms with E-state index >= 15 is 0 Å². The van der Waals surface area contributed by atoms with E-state index in [0.717, 1.165) is 38.6 Å². The lowest BCUT2D eigenvalue weighted by atomic mass is 9.94. The maximum absolute atomic E-state index is 10.8. The fourth-order valence-corrected chi connectivity index (χ4v) is 5.87. The minimum Gasteiger partial charge on any atom is -0.378 e. The molecule has 2 aliphatic heterocycles. The molecule has 158 valence electrons. The molecule has 4 atom stereocenters. The molecule has 0 bridgehead atoms. The minimum atomic E-state index is -0.232. The summed E-state index contributed by atoms with van der Waals surface area (Å²) in [5.74, 6) is 2.38. The first-order valence-corrected chi connectivity index (χ1v) is 11.5. The van der Waals surface area contributed by atoms with Crippen molar-refractivity contribution >= 4 is 5.84 Å². The number of likely N-dealkylation sites (tertiary alicyclic amines) is 1. The SMILES string of the molecule is CC(=NCC1CC12CCCN(C(O)C1CC1(C)C)CC2)N1Cc2ccncc2C1. The molecule has 5 rings (SSSR count). The van der Waals surface area contributed by atoms with Crippen molar-refractivity contribution in [1.29, 1.82) is 0 Å². The van der Waals surface area contributed by atoms with Gasteiger partial charge in [-0.3, -0.25) is 14.9 Å². The Hall–Kier alpha value is -1.46. The van der Waals surface area contributed by atoms with Gasteiger partial charge in [0.2, 0.25) is 0 Å². The van der Waals surface area contributed by atoms with E-state index in [2.05, 4.69) is 41.6 Å². The normalized spacial score (nSPS) is 34.8. The van der Waals surface area contributed by atoms with Gasteiger partial charge in [-0.15, -0.1) is 0 Å². The molecule has 5 heteroatoms. The Bertz CT molecular complexity index is 781. The lowest BCUT2D eigenvalue weighted by Crippen LogP contribution is -2.38. The summed E-state index contributed by atoms with van der Waals surface area (Å²) in [5, 5.41) is 10.8. The number of hydrogen-bond acceptors (Lipinski definition) is 4. The molecule has 4 aliphatic rings. The number of aromatic nitrogens is 1. The van der Waals surface area contributed by atoms with E-state index < -0.39 is 0 Å². The van der Waals surface area contributed by atoms with Crippen molar-refractivity contribution in [3.8, 4) is 0 Å². The van der Waals surface area contributed by atoms with E-state index in [1.54, 1.807) is 0 Å². The van der Waals surface area contributed by atoms with Gasteiger partial charge in [-0.25, -0.2) is 0 Å². The van der Waals surface area contributed by atoms with Crippen molar-refractivity contribution in [2.45, 2.75) is 72.2 Å².